The minimum atomic E-state index is -1.00. The summed E-state index contributed by atoms with van der Waals surface area (Å²) in [6.45, 7) is 2.50. The molecule has 6 heteroatoms. The van der Waals surface area contributed by atoms with Crippen molar-refractivity contribution in [1.82, 2.24) is 9.80 Å². The van der Waals surface area contributed by atoms with Gasteiger partial charge in [0.05, 0.1) is 6.10 Å². The summed E-state index contributed by atoms with van der Waals surface area (Å²) in [7, 11) is 0. The molecule has 0 radical (unpaired) electrons. The largest absolute Gasteiger partial charge is 0.391 e. The highest BCUT2D eigenvalue weighted by Gasteiger charge is 2.33. The van der Waals surface area contributed by atoms with E-state index in [-0.39, 0.29) is 23.6 Å². The van der Waals surface area contributed by atoms with Crippen molar-refractivity contribution in [2.75, 3.05) is 26.2 Å². The summed E-state index contributed by atoms with van der Waals surface area (Å²) in [5.74, 6) is -2.22. The number of carbonyl (C=O) groups is 1. The van der Waals surface area contributed by atoms with Gasteiger partial charge in [0, 0.05) is 37.8 Å². The van der Waals surface area contributed by atoms with Crippen molar-refractivity contribution in [3.05, 3.63) is 35.4 Å². The molecule has 0 aromatic heterocycles. The summed E-state index contributed by atoms with van der Waals surface area (Å²) >= 11 is 0. The van der Waals surface area contributed by atoms with E-state index < -0.39 is 11.6 Å². The third-order valence-corrected chi connectivity index (χ3v) is 4.68. The zero-order chi connectivity index (χ0) is 15.7. The molecule has 2 fully saturated rings. The second-order valence-electron chi connectivity index (χ2n) is 6.02. The van der Waals surface area contributed by atoms with E-state index in [1.807, 2.05) is 0 Å². The SMILES string of the molecule is O=C(c1ccc(F)c(F)c1)N1CCN([C@@H]2CCC[C@H]2O)CC1. The maximum atomic E-state index is 13.2. The van der Waals surface area contributed by atoms with Crippen LogP contribution in [0.3, 0.4) is 0 Å². The van der Waals surface area contributed by atoms with Crippen molar-refractivity contribution < 1.29 is 18.7 Å². The van der Waals surface area contributed by atoms with Crippen molar-refractivity contribution in [3.8, 4) is 0 Å². The molecule has 3 rings (SSSR count). The van der Waals surface area contributed by atoms with Crippen LogP contribution < -0.4 is 0 Å². The summed E-state index contributed by atoms with van der Waals surface area (Å²) < 4.78 is 26.2. The molecule has 2 aliphatic rings. The van der Waals surface area contributed by atoms with Gasteiger partial charge in [-0.3, -0.25) is 9.69 Å². The van der Waals surface area contributed by atoms with Crippen molar-refractivity contribution in [1.29, 1.82) is 0 Å². The Labute approximate surface area is 128 Å². The van der Waals surface area contributed by atoms with Gasteiger partial charge in [-0.2, -0.15) is 0 Å². The normalized spacial score (nSPS) is 26.4. The number of aliphatic hydroxyl groups excluding tert-OH is 1. The Morgan fingerprint density at radius 2 is 1.82 bits per heavy atom. The monoisotopic (exact) mass is 310 g/mol. The lowest BCUT2D eigenvalue weighted by atomic mass is 10.1. The smallest absolute Gasteiger partial charge is 0.254 e. The molecule has 1 aliphatic heterocycles. The maximum absolute atomic E-state index is 13.2. The van der Waals surface area contributed by atoms with Crippen LogP contribution in [-0.4, -0.2) is 59.1 Å². The molecule has 0 spiro atoms. The van der Waals surface area contributed by atoms with Gasteiger partial charge in [-0.25, -0.2) is 8.78 Å². The number of amides is 1. The van der Waals surface area contributed by atoms with Crippen molar-refractivity contribution in [3.63, 3.8) is 0 Å². The summed E-state index contributed by atoms with van der Waals surface area (Å²) in [6.07, 6.45) is 2.62. The average molecular weight is 310 g/mol. The van der Waals surface area contributed by atoms with Crippen LogP contribution in [0.2, 0.25) is 0 Å². The molecule has 2 atom stereocenters. The number of nitrogens with zero attached hydrogens (tertiary/aromatic N) is 2. The third kappa shape index (κ3) is 2.98. The lowest BCUT2D eigenvalue weighted by molar-refractivity contribution is 0.0315. The molecule has 120 valence electrons. The van der Waals surface area contributed by atoms with Gasteiger partial charge in [-0.05, 0) is 37.5 Å². The van der Waals surface area contributed by atoms with E-state index in [1.54, 1.807) is 4.90 Å². The van der Waals surface area contributed by atoms with Crippen molar-refractivity contribution >= 4 is 5.91 Å². The second-order valence-corrected chi connectivity index (χ2v) is 6.02. The first-order valence-electron chi connectivity index (χ1n) is 7.72. The fraction of sp³-hybridized carbons (Fsp3) is 0.562. The molecule has 0 bridgehead atoms. The molecular weight excluding hydrogens is 290 g/mol. The van der Waals surface area contributed by atoms with Gasteiger partial charge in [0.2, 0.25) is 0 Å². The maximum Gasteiger partial charge on any atom is 0.254 e. The Hall–Kier alpha value is -1.53. The molecule has 1 N–H and O–H groups in total. The highest BCUT2D eigenvalue weighted by molar-refractivity contribution is 5.94. The van der Waals surface area contributed by atoms with E-state index in [0.29, 0.717) is 26.2 Å². The van der Waals surface area contributed by atoms with Gasteiger partial charge >= 0.3 is 0 Å². The Morgan fingerprint density at radius 3 is 2.41 bits per heavy atom. The lowest BCUT2D eigenvalue weighted by Crippen LogP contribution is -2.53. The summed E-state index contributed by atoms with van der Waals surface area (Å²) in [5, 5.41) is 9.95. The number of rotatable bonds is 2. The molecule has 1 saturated carbocycles. The fourth-order valence-corrected chi connectivity index (χ4v) is 3.42. The highest BCUT2D eigenvalue weighted by Crippen LogP contribution is 2.25. The van der Waals surface area contributed by atoms with Crippen LogP contribution in [0.1, 0.15) is 29.6 Å². The number of aliphatic hydroxyl groups is 1. The van der Waals surface area contributed by atoms with E-state index in [9.17, 15) is 18.7 Å². The predicted molar refractivity (Wildman–Crippen MR) is 77.5 cm³/mol. The summed E-state index contributed by atoms with van der Waals surface area (Å²) in [4.78, 5) is 16.2. The first kappa shape index (κ1) is 15.4. The molecule has 1 aromatic carbocycles. The van der Waals surface area contributed by atoms with E-state index in [4.69, 9.17) is 0 Å². The Balaban J connectivity index is 1.61. The first-order valence-corrected chi connectivity index (χ1v) is 7.72. The molecule has 1 heterocycles. The van der Waals surface area contributed by atoms with Gasteiger partial charge in [0.25, 0.3) is 5.91 Å². The topological polar surface area (TPSA) is 43.8 Å². The van der Waals surface area contributed by atoms with Gasteiger partial charge < -0.3 is 10.0 Å². The van der Waals surface area contributed by atoms with Gasteiger partial charge in [-0.15, -0.1) is 0 Å². The molecular formula is C16H20F2N2O2. The number of carbonyl (C=O) groups excluding carboxylic acids is 1. The van der Waals surface area contributed by atoms with Crippen molar-refractivity contribution in [2.24, 2.45) is 0 Å². The second kappa shape index (κ2) is 6.30. The number of hydrogen-bond donors (Lipinski definition) is 1. The summed E-state index contributed by atoms with van der Waals surface area (Å²) in [5.41, 5.74) is 0.174. The third-order valence-electron chi connectivity index (χ3n) is 4.68. The Morgan fingerprint density at radius 1 is 1.09 bits per heavy atom. The van der Waals surface area contributed by atoms with Gasteiger partial charge in [-0.1, -0.05) is 0 Å². The highest BCUT2D eigenvalue weighted by atomic mass is 19.2. The zero-order valence-electron chi connectivity index (χ0n) is 12.3. The predicted octanol–water partition coefficient (Wildman–Crippen LogP) is 1.64. The number of piperazine rings is 1. The number of halogens is 2. The minimum absolute atomic E-state index is 0.174. The van der Waals surface area contributed by atoms with E-state index >= 15 is 0 Å². The van der Waals surface area contributed by atoms with Crippen LogP contribution in [0.5, 0.6) is 0 Å². The zero-order valence-corrected chi connectivity index (χ0v) is 12.3. The fourth-order valence-electron chi connectivity index (χ4n) is 3.42. The average Bonchev–Trinajstić information content (AvgIpc) is 2.95. The Bertz CT molecular complexity index is 559. The van der Waals surface area contributed by atoms with E-state index in [2.05, 4.69) is 4.90 Å². The molecule has 1 amide bonds. The van der Waals surface area contributed by atoms with Crippen LogP contribution in [0.15, 0.2) is 18.2 Å². The first-order chi connectivity index (χ1) is 10.6. The van der Waals surface area contributed by atoms with Gasteiger partial charge in [0.1, 0.15) is 0 Å². The number of hydrogen-bond acceptors (Lipinski definition) is 3. The molecule has 22 heavy (non-hydrogen) atoms. The van der Waals surface area contributed by atoms with Crippen molar-refractivity contribution in [2.45, 2.75) is 31.4 Å². The van der Waals surface area contributed by atoms with Crippen LogP contribution >= 0.6 is 0 Å². The molecule has 4 nitrogen and oxygen atoms in total. The minimum Gasteiger partial charge on any atom is -0.391 e. The Kier molecular flexibility index (Phi) is 4.40. The molecule has 1 aliphatic carbocycles. The van der Waals surface area contributed by atoms with E-state index in [0.717, 1.165) is 31.4 Å². The summed E-state index contributed by atoms with van der Waals surface area (Å²) in [6, 6.07) is 3.44. The van der Waals surface area contributed by atoms with Crippen LogP contribution in [0, 0.1) is 11.6 Å². The molecule has 0 unspecified atom stereocenters. The van der Waals surface area contributed by atoms with E-state index in [1.165, 1.54) is 6.07 Å². The standard InChI is InChI=1S/C16H20F2N2O2/c17-12-5-4-11(10-13(12)18)16(22)20-8-6-19(7-9-20)14-2-1-3-15(14)21/h4-5,10,14-15,21H,1-3,6-9H2/t14-,15-/m1/s1. The molecule has 1 aromatic rings. The van der Waals surface area contributed by atoms with Crippen LogP contribution in [0.25, 0.3) is 0 Å². The lowest BCUT2D eigenvalue weighted by Gasteiger charge is -2.39. The van der Waals surface area contributed by atoms with Crippen LogP contribution in [-0.2, 0) is 0 Å². The van der Waals surface area contributed by atoms with Crippen LogP contribution in [0.4, 0.5) is 8.78 Å². The van der Waals surface area contributed by atoms with Gasteiger partial charge in [0.15, 0.2) is 11.6 Å². The quantitative estimate of drug-likeness (QED) is 0.903. The molecule has 1 saturated heterocycles. The number of benzene rings is 1.